The zero-order valence-corrected chi connectivity index (χ0v) is 24.6. The topological polar surface area (TPSA) is 245 Å². The molecule has 2 aromatic carbocycles. The number of hydrogen-bond donors (Lipinski definition) is 9. The molecule has 2 aliphatic heterocycles. The molecule has 0 aliphatic carbocycles. The second-order valence-electron chi connectivity index (χ2n) is 11.2. The van der Waals surface area contributed by atoms with E-state index in [9.17, 15) is 50.8 Å². The summed E-state index contributed by atoms with van der Waals surface area (Å²) in [5.41, 5.74) is 1.54. The SMILES string of the molecule is Cc1cc(CCC(=O)OC2[C@@H](CO[C@@H]3O[C@@H](C)[C@H](O)[C@@H](O)[C@@H]3O)OC(OCC(O)c3ccc(O)c(O)c3)[C@H](O)[C@H]2O)ccc1O. The number of esters is 1. The Balaban J connectivity index is 1.45. The van der Waals surface area contributed by atoms with Gasteiger partial charge >= 0.3 is 5.97 Å². The third kappa shape index (κ3) is 8.39. The molecule has 11 atom stereocenters. The molecule has 250 valence electrons. The van der Waals surface area contributed by atoms with Crippen molar-refractivity contribution in [2.24, 2.45) is 0 Å². The normalized spacial score (nSPS) is 32.6. The molecule has 2 fully saturated rings. The molecule has 2 aliphatic rings. The molecular weight excluding hydrogens is 600 g/mol. The van der Waals surface area contributed by atoms with E-state index >= 15 is 0 Å². The van der Waals surface area contributed by atoms with E-state index in [1.807, 2.05) is 0 Å². The Morgan fingerprint density at radius 3 is 2.18 bits per heavy atom. The number of aromatic hydroxyl groups is 3. The summed E-state index contributed by atoms with van der Waals surface area (Å²) >= 11 is 0. The summed E-state index contributed by atoms with van der Waals surface area (Å²) in [5, 5.41) is 91.7. The highest BCUT2D eigenvalue weighted by Gasteiger charge is 2.49. The summed E-state index contributed by atoms with van der Waals surface area (Å²) in [6.07, 6.45) is -16.2. The summed E-state index contributed by atoms with van der Waals surface area (Å²) in [4.78, 5) is 12.8. The monoisotopic (exact) mass is 640 g/mol. The van der Waals surface area contributed by atoms with Crippen LogP contribution in [-0.4, -0.2) is 127 Å². The summed E-state index contributed by atoms with van der Waals surface area (Å²) in [7, 11) is 0. The average molecular weight is 641 g/mol. The Morgan fingerprint density at radius 1 is 0.822 bits per heavy atom. The standard InChI is InChI=1S/C30H40O15/c1-13-9-15(3-6-17(13)31)4-8-22(35)45-28-21(12-42-29-26(39)24(37)23(36)14(2)43-29)44-30(27(40)25(28)38)41-11-20(34)16-5-7-18(32)19(33)10-16/h3,5-7,9-10,14,20-21,23-34,36-40H,4,8,11-12H2,1-2H3/t14-,20?,21+,23-,24+,25+,26-,27+,28?,29+,30?/m0/s1. The second-order valence-corrected chi connectivity index (χ2v) is 11.2. The zero-order chi connectivity index (χ0) is 33.0. The van der Waals surface area contributed by atoms with Crippen molar-refractivity contribution in [1.29, 1.82) is 0 Å². The number of rotatable bonds is 11. The smallest absolute Gasteiger partial charge is 0.306 e. The molecule has 2 heterocycles. The molecule has 15 nitrogen and oxygen atoms in total. The largest absolute Gasteiger partial charge is 0.508 e. The number of phenolic OH excluding ortho intramolecular Hbond substituents is 3. The first kappa shape index (κ1) is 34.8. The Hall–Kier alpha value is -3.09. The van der Waals surface area contributed by atoms with Crippen LogP contribution in [0.2, 0.25) is 0 Å². The van der Waals surface area contributed by atoms with Crippen molar-refractivity contribution in [2.45, 2.75) is 94.2 Å². The van der Waals surface area contributed by atoms with Gasteiger partial charge < -0.3 is 69.6 Å². The van der Waals surface area contributed by atoms with Gasteiger partial charge in [0.05, 0.1) is 19.3 Å². The average Bonchev–Trinajstić information content (AvgIpc) is 3.01. The molecule has 3 unspecified atom stereocenters. The Labute approximate surface area is 258 Å². The third-order valence-corrected chi connectivity index (χ3v) is 7.82. The molecule has 0 amide bonds. The molecule has 2 aromatic rings. The highest BCUT2D eigenvalue weighted by molar-refractivity contribution is 5.70. The number of phenols is 3. The van der Waals surface area contributed by atoms with Gasteiger partial charge in [-0.15, -0.1) is 0 Å². The first-order chi connectivity index (χ1) is 21.3. The van der Waals surface area contributed by atoms with Crippen LogP contribution in [0.15, 0.2) is 36.4 Å². The maximum Gasteiger partial charge on any atom is 0.306 e. The Morgan fingerprint density at radius 2 is 1.49 bits per heavy atom. The fourth-order valence-corrected chi connectivity index (χ4v) is 5.02. The Bertz CT molecular complexity index is 1290. The summed E-state index contributed by atoms with van der Waals surface area (Å²) in [5.74, 6) is -1.52. The third-order valence-electron chi connectivity index (χ3n) is 7.82. The van der Waals surface area contributed by atoms with Crippen LogP contribution in [0.5, 0.6) is 17.2 Å². The van der Waals surface area contributed by atoms with E-state index in [1.165, 1.54) is 19.1 Å². The number of aliphatic hydroxyl groups excluding tert-OH is 6. The van der Waals surface area contributed by atoms with Crippen molar-refractivity contribution >= 4 is 5.97 Å². The fourth-order valence-electron chi connectivity index (χ4n) is 5.02. The van der Waals surface area contributed by atoms with Crippen LogP contribution in [0.3, 0.4) is 0 Å². The van der Waals surface area contributed by atoms with Crippen molar-refractivity contribution in [3.8, 4) is 17.2 Å². The van der Waals surface area contributed by atoms with Gasteiger partial charge in [0.2, 0.25) is 0 Å². The molecule has 0 bridgehead atoms. The minimum Gasteiger partial charge on any atom is -0.508 e. The number of carbonyl (C=O) groups excluding carboxylic acids is 1. The van der Waals surface area contributed by atoms with Crippen LogP contribution < -0.4 is 0 Å². The maximum atomic E-state index is 12.8. The molecule has 9 N–H and O–H groups in total. The van der Waals surface area contributed by atoms with Gasteiger partial charge in [0, 0.05) is 6.42 Å². The van der Waals surface area contributed by atoms with E-state index in [0.29, 0.717) is 5.56 Å². The Kier molecular flexibility index (Phi) is 11.6. The van der Waals surface area contributed by atoms with Gasteiger partial charge in [0.1, 0.15) is 48.5 Å². The van der Waals surface area contributed by atoms with Crippen LogP contribution in [-0.2, 0) is 34.9 Å². The first-order valence-electron chi connectivity index (χ1n) is 14.4. The van der Waals surface area contributed by atoms with Crippen molar-refractivity contribution < 1.29 is 74.4 Å². The lowest BCUT2D eigenvalue weighted by molar-refractivity contribution is -0.330. The molecule has 0 spiro atoms. The number of ether oxygens (including phenoxy) is 5. The van der Waals surface area contributed by atoms with Crippen molar-refractivity contribution in [3.05, 3.63) is 53.1 Å². The number of carbonyl (C=O) groups is 1. The van der Waals surface area contributed by atoms with E-state index < -0.39 is 98.2 Å². The highest BCUT2D eigenvalue weighted by Crippen LogP contribution is 2.31. The van der Waals surface area contributed by atoms with Crippen LogP contribution in [0.4, 0.5) is 0 Å². The molecular formula is C30H40O15. The van der Waals surface area contributed by atoms with E-state index in [-0.39, 0.29) is 24.2 Å². The quantitative estimate of drug-likeness (QED) is 0.106. The summed E-state index contributed by atoms with van der Waals surface area (Å²) < 4.78 is 27.9. The predicted octanol–water partition coefficient (Wildman–Crippen LogP) is -1.00. The number of benzene rings is 2. The van der Waals surface area contributed by atoms with Gasteiger partial charge in [0.25, 0.3) is 0 Å². The summed E-state index contributed by atoms with van der Waals surface area (Å²) in [6, 6.07) is 8.47. The zero-order valence-electron chi connectivity index (χ0n) is 24.6. The van der Waals surface area contributed by atoms with Gasteiger partial charge in [-0.3, -0.25) is 4.79 Å². The van der Waals surface area contributed by atoms with Crippen LogP contribution in [0.25, 0.3) is 0 Å². The van der Waals surface area contributed by atoms with E-state index in [4.69, 9.17) is 23.7 Å². The fraction of sp³-hybridized carbons (Fsp3) is 0.567. The van der Waals surface area contributed by atoms with Gasteiger partial charge in [-0.1, -0.05) is 18.2 Å². The second kappa shape index (κ2) is 15.0. The van der Waals surface area contributed by atoms with Gasteiger partial charge in [0.15, 0.2) is 30.2 Å². The van der Waals surface area contributed by atoms with Crippen molar-refractivity contribution in [3.63, 3.8) is 0 Å². The van der Waals surface area contributed by atoms with Crippen molar-refractivity contribution in [1.82, 2.24) is 0 Å². The van der Waals surface area contributed by atoms with Gasteiger partial charge in [-0.05, 0) is 55.2 Å². The molecule has 45 heavy (non-hydrogen) atoms. The van der Waals surface area contributed by atoms with Gasteiger partial charge in [-0.2, -0.15) is 0 Å². The molecule has 0 aromatic heterocycles. The minimum atomic E-state index is -1.77. The predicted molar refractivity (Wildman–Crippen MR) is 151 cm³/mol. The lowest BCUT2D eigenvalue weighted by atomic mass is 9.98. The molecule has 15 heteroatoms. The number of hydrogen-bond acceptors (Lipinski definition) is 15. The summed E-state index contributed by atoms with van der Waals surface area (Å²) in [6.45, 7) is 2.16. The van der Waals surface area contributed by atoms with Crippen LogP contribution >= 0.6 is 0 Å². The van der Waals surface area contributed by atoms with Crippen LogP contribution in [0.1, 0.15) is 36.1 Å². The molecule has 4 rings (SSSR count). The van der Waals surface area contributed by atoms with Crippen LogP contribution in [0, 0.1) is 6.92 Å². The highest BCUT2D eigenvalue weighted by atomic mass is 16.7. The molecule has 2 saturated heterocycles. The minimum absolute atomic E-state index is 0.106. The molecule has 0 radical (unpaired) electrons. The van der Waals surface area contributed by atoms with E-state index in [2.05, 4.69) is 0 Å². The van der Waals surface area contributed by atoms with E-state index in [1.54, 1.807) is 19.1 Å². The van der Waals surface area contributed by atoms with Crippen molar-refractivity contribution in [2.75, 3.05) is 13.2 Å². The number of aliphatic hydroxyl groups is 6. The lowest BCUT2D eigenvalue weighted by Gasteiger charge is -2.43. The molecule has 0 saturated carbocycles. The lowest BCUT2D eigenvalue weighted by Crippen LogP contribution is -2.62. The first-order valence-corrected chi connectivity index (χ1v) is 14.4. The van der Waals surface area contributed by atoms with Gasteiger partial charge in [-0.25, -0.2) is 0 Å². The maximum absolute atomic E-state index is 12.8. The number of aryl methyl sites for hydroxylation is 2. The van der Waals surface area contributed by atoms with E-state index in [0.717, 1.165) is 17.7 Å².